The number of aryl methyl sites for hydroxylation is 1. The van der Waals surface area contributed by atoms with Crippen LogP contribution in [-0.4, -0.2) is 29.2 Å². The van der Waals surface area contributed by atoms with E-state index in [9.17, 15) is 4.79 Å². The highest BCUT2D eigenvalue weighted by molar-refractivity contribution is 5.78. The monoisotopic (exact) mass is 379 g/mol. The highest BCUT2D eigenvalue weighted by Crippen LogP contribution is 2.19. The molecule has 28 heavy (non-hydrogen) atoms. The summed E-state index contributed by atoms with van der Waals surface area (Å²) >= 11 is 0. The average molecular weight is 380 g/mol. The normalized spacial score (nSPS) is 15.1. The van der Waals surface area contributed by atoms with Gasteiger partial charge in [-0.15, -0.1) is 0 Å². The molecule has 1 fully saturated rings. The van der Waals surface area contributed by atoms with E-state index in [1.54, 1.807) is 17.0 Å². The van der Waals surface area contributed by atoms with Gasteiger partial charge in [-0.3, -0.25) is 9.36 Å². The molecule has 0 aliphatic carbocycles. The van der Waals surface area contributed by atoms with Crippen LogP contribution in [-0.2, 0) is 6.54 Å². The van der Waals surface area contributed by atoms with Crippen molar-refractivity contribution in [3.63, 3.8) is 0 Å². The van der Waals surface area contributed by atoms with Gasteiger partial charge in [0.05, 0.1) is 23.8 Å². The second kappa shape index (κ2) is 10.0. The maximum atomic E-state index is 12.7. The Labute approximate surface area is 166 Å². The molecule has 0 spiro atoms. The lowest BCUT2D eigenvalue weighted by molar-refractivity contribution is 0.215. The summed E-state index contributed by atoms with van der Waals surface area (Å²) in [6.07, 6.45) is 11.1. The van der Waals surface area contributed by atoms with Crippen LogP contribution < -0.4 is 15.6 Å². The zero-order valence-corrected chi connectivity index (χ0v) is 16.4. The van der Waals surface area contributed by atoms with E-state index < -0.39 is 0 Å². The van der Waals surface area contributed by atoms with Crippen molar-refractivity contribution in [3.8, 4) is 5.75 Å². The molecule has 1 N–H and O–H groups in total. The fourth-order valence-corrected chi connectivity index (χ4v) is 3.41. The predicted molar refractivity (Wildman–Crippen MR) is 115 cm³/mol. The molecule has 0 bridgehead atoms. The maximum Gasteiger partial charge on any atom is 0.261 e. The zero-order valence-electron chi connectivity index (χ0n) is 16.4. The topological polar surface area (TPSA) is 56.1 Å². The number of ether oxygens (including phenoxy) is 1. The second-order valence-electron chi connectivity index (χ2n) is 7.28. The Morgan fingerprint density at radius 1 is 1.36 bits per heavy atom. The maximum absolute atomic E-state index is 12.7. The van der Waals surface area contributed by atoms with Gasteiger partial charge in [-0.2, -0.15) is 0 Å². The Balaban J connectivity index is 1.61. The van der Waals surface area contributed by atoms with E-state index in [2.05, 4.69) is 23.5 Å². The van der Waals surface area contributed by atoms with Crippen molar-refractivity contribution in [2.75, 3.05) is 19.7 Å². The minimum atomic E-state index is -0.0119. The van der Waals surface area contributed by atoms with E-state index in [1.165, 1.54) is 0 Å². The number of nitrogens with one attached hydrogen (secondary N) is 1. The molecule has 2 aromatic rings. The van der Waals surface area contributed by atoms with E-state index in [4.69, 9.17) is 4.74 Å². The first kappa shape index (κ1) is 20.1. The summed E-state index contributed by atoms with van der Waals surface area (Å²) in [6, 6.07) is 5.56. The molecular weight excluding hydrogens is 350 g/mol. The summed E-state index contributed by atoms with van der Waals surface area (Å²) in [5.74, 6) is 1.37. The second-order valence-corrected chi connectivity index (χ2v) is 7.28. The molecule has 148 valence electrons. The Morgan fingerprint density at radius 3 is 2.96 bits per heavy atom. The van der Waals surface area contributed by atoms with Gasteiger partial charge in [-0.25, -0.2) is 4.98 Å². The lowest BCUT2D eigenvalue weighted by Gasteiger charge is -2.22. The molecule has 3 rings (SSSR count). The molecule has 1 saturated heterocycles. The van der Waals surface area contributed by atoms with Crippen LogP contribution in [0, 0.1) is 5.92 Å². The Morgan fingerprint density at radius 2 is 2.18 bits per heavy atom. The number of benzene rings is 1. The highest BCUT2D eigenvalue weighted by atomic mass is 16.5. The molecule has 0 saturated carbocycles. The first-order valence-corrected chi connectivity index (χ1v) is 9.97. The lowest BCUT2D eigenvalue weighted by Crippen LogP contribution is -2.30. The summed E-state index contributed by atoms with van der Waals surface area (Å²) in [4.78, 5) is 17.2. The first-order valence-electron chi connectivity index (χ1n) is 9.97. The average Bonchev–Trinajstić information content (AvgIpc) is 2.73. The van der Waals surface area contributed by atoms with Crippen molar-refractivity contribution < 1.29 is 4.74 Å². The SMILES string of the molecule is C=C/C=C\C(=C)CCCn1cnc2cc(OCC3CCNCC3)ccc2c1=O. The first-order chi connectivity index (χ1) is 13.7. The highest BCUT2D eigenvalue weighted by Gasteiger charge is 2.14. The van der Waals surface area contributed by atoms with Crippen LogP contribution in [0.15, 0.2) is 66.3 Å². The van der Waals surface area contributed by atoms with Gasteiger partial charge in [0.1, 0.15) is 5.75 Å². The number of allylic oxidation sites excluding steroid dienone is 4. The largest absolute Gasteiger partial charge is 0.493 e. The van der Waals surface area contributed by atoms with Crippen molar-refractivity contribution in [1.29, 1.82) is 0 Å². The number of fused-ring (bicyclic) bond motifs is 1. The van der Waals surface area contributed by atoms with E-state index in [0.29, 0.717) is 30.0 Å². The minimum absolute atomic E-state index is 0.0119. The Bertz CT molecular complexity index is 908. The predicted octanol–water partition coefficient (Wildman–Crippen LogP) is 3.85. The molecule has 1 aromatic carbocycles. The third-order valence-electron chi connectivity index (χ3n) is 5.11. The van der Waals surface area contributed by atoms with Gasteiger partial charge in [0.2, 0.25) is 0 Å². The molecule has 0 unspecified atom stereocenters. The fourth-order valence-electron chi connectivity index (χ4n) is 3.41. The molecule has 1 aliphatic heterocycles. The fraction of sp³-hybridized carbons (Fsp3) is 0.391. The van der Waals surface area contributed by atoms with Crippen molar-refractivity contribution >= 4 is 10.9 Å². The molecule has 1 aromatic heterocycles. The van der Waals surface area contributed by atoms with E-state index in [-0.39, 0.29) is 5.56 Å². The third kappa shape index (κ3) is 5.42. The van der Waals surface area contributed by atoms with Crippen molar-refractivity contribution in [2.45, 2.75) is 32.2 Å². The van der Waals surface area contributed by atoms with Gasteiger partial charge in [0.15, 0.2) is 0 Å². The van der Waals surface area contributed by atoms with Crippen LogP contribution in [0.3, 0.4) is 0 Å². The molecule has 0 radical (unpaired) electrons. The molecule has 0 amide bonds. The summed E-state index contributed by atoms with van der Waals surface area (Å²) in [5, 5.41) is 3.99. The minimum Gasteiger partial charge on any atom is -0.493 e. The van der Waals surface area contributed by atoms with Crippen LogP contribution >= 0.6 is 0 Å². The van der Waals surface area contributed by atoms with Crippen LogP contribution in [0.25, 0.3) is 10.9 Å². The molecule has 5 heteroatoms. The van der Waals surface area contributed by atoms with Crippen LogP contribution in [0.5, 0.6) is 5.75 Å². The molecule has 5 nitrogen and oxygen atoms in total. The summed E-state index contributed by atoms with van der Waals surface area (Å²) < 4.78 is 7.62. The van der Waals surface area contributed by atoms with Gasteiger partial charge in [0, 0.05) is 12.6 Å². The number of aromatic nitrogens is 2. The summed E-state index contributed by atoms with van der Waals surface area (Å²) in [6.45, 7) is 11.1. The Hall–Kier alpha value is -2.66. The van der Waals surface area contributed by atoms with Crippen LogP contribution in [0.1, 0.15) is 25.7 Å². The molecule has 0 atom stereocenters. The number of hydrogen-bond donors (Lipinski definition) is 1. The zero-order chi connectivity index (χ0) is 19.8. The van der Waals surface area contributed by atoms with Gasteiger partial charge in [0.25, 0.3) is 5.56 Å². The summed E-state index contributed by atoms with van der Waals surface area (Å²) in [7, 11) is 0. The van der Waals surface area contributed by atoms with E-state index in [1.807, 2.05) is 30.4 Å². The number of rotatable bonds is 9. The Kier molecular flexibility index (Phi) is 7.20. The number of nitrogens with zero attached hydrogens (tertiary/aromatic N) is 2. The number of hydrogen-bond acceptors (Lipinski definition) is 4. The standard InChI is InChI=1S/C23H29N3O2/c1-3-4-6-18(2)7-5-14-26-17-25-22-15-20(8-9-21(22)23(26)27)28-16-19-10-12-24-13-11-19/h3-4,6,8-9,15,17,19,24H,1-2,5,7,10-14,16H2/b6-4-. The molecule has 1 aliphatic rings. The van der Waals surface area contributed by atoms with Gasteiger partial charge in [-0.1, -0.05) is 37.0 Å². The number of piperidine rings is 1. The third-order valence-corrected chi connectivity index (χ3v) is 5.11. The van der Waals surface area contributed by atoms with E-state index >= 15 is 0 Å². The van der Waals surface area contributed by atoms with Gasteiger partial charge in [-0.05, 0) is 56.8 Å². The quantitative estimate of drug-likeness (QED) is 0.673. The molecular formula is C23H29N3O2. The van der Waals surface area contributed by atoms with Crippen molar-refractivity contribution in [3.05, 3.63) is 71.8 Å². The van der Waals surface area contributed by atoms with Crippen molar-refractivity contribution in [2.24, 2.45) is 5.92 Å². The smallest absolute Gasteiger partial charge is 0.261 e. The van der Waals surface area contributed by atoms with Crippen LogP contribution in [0.4, 0.5) is 0 Å². The summed E-state index contributed by atoms with van der Waals surface area (Å²) in [5.41, 5.74) is 1.70. The van der Waals surface area contributed by atoms with E-state index in [0.717, 1.165) is 50.1 Å². The van der Waals surface area contributed by atoms with Crippen molar-refractivity contribution in [1.82, 2.24) is 14.9 Å². The van der Waals surface area contributed by atoms with Gasteiger partial charge < -0.3 is 10.1 Å². The van der Waals surface area contributed by atoms with Crippen LogP contribution in [0.2, 0.25) is 0 Å². The molecule has 2 heterocycles. The lowest BCUT2D eigenvalue weighted by atomic mass is 9.99. The van der Waals surface area contributed by atoms with Gasteiger partial charge >= 0.3 is 0 Å².